The summed E-state index contributed by atoms with van der Waals surface area (Å²) in [4.78, 5) is 17.3. The Morgan fingerprint density at radius 1 is 1.31 bits per heavy atom. The number of fused-ring (bicyclic) bond motifs is 1. The predicted octanol–water partition coefficient (Wildman–Crippen LogP) is 4.71. The minimum atomic E-state index is -1.27. The summed E-state index contributed by atoms with van der Waals surface area (Å²) in [5, 5.41) is 9.35. The van der Waals surface area contributed by atoms with Crippen LogP contribution in [-0.4, -0.2) is 66.7 Å². The van der Waals surface area contributed by atoms with Crippen LogP contribution in [0.25, 0.3) is 6.08 Å². The van der Waals surface area contributed by atoms with Crippen LogP contribution in [0.15, 0.2) is 30.0 Å². The number of rotatable bonds is 10. The van der Waals surface area contributed by atoms with Gasteiger partial charge in [-0.25, -0.2) is 18.2 Å². The van der Waals surface area contributed by atoms with Crippen LogP contribution < -0.4 is 14.2 Å². The molecule has 1 N–H and O–H groups in total. The third kappa shape index (κ3) is 6.41. The standard InChI is InChI=1S/C25H26ClF3N2O5/c26-21-5-15(10-30-24(21)36-19(8-27)9-28)13-34-18-6-22(29)20-4-16(14-35-23(20)7-18)11-31-3-1-2-17(12-31)25(32)33/h4-7,10,17,19H,1-3,8-9,11-14H2,(H,32,33)/t17-/m1/s1. The maximum atomic E-state index is 14.9. The molecule has 0 radical (unpaired) electrons. The lowest BCUT2D eigenvalue weighted by atomic mass is 9.97. The lowest BCUT2D eigenvalue weighted by Gasteiger charge is -2.32. The van der Waals surface area contributed by atoms with E-state index in [0.29, 0.717) is 36.4 Å². The van der Waals surface area contributed by atoms with E-state index in [9.17, 15) is 23.1 Å². The van der Waals surface area contributed by atoms with Crippen molar-refractivity contribution in [1.29, 1.82) is 0 Å². The van der Waals surface area contributed by atoms with E-state index in [1.807, 2.05) is 0 Å². The van der Waals surface area contributed by atoms with Gasteiger partial charge < -0.3 is 19.3 Å². The van der Waals surface area contributed by atoms with Crippen molar-refractivity contribution in [2.45, 2.75) is 25.6 Å². The Morgan fingerprint density at radius 2 is 2.11 bits per heavy atom. The Hall–Kier alpha value is -2.98. The quantitative estimate of drug-likeness (QED) is 0.480. The average molecular weight is 527 g/mol. The summed E-state index contributed by atoms with van der Waals surface area (Å²) in [6.45, 7) is 0.0444. The molecule has 3 heterocycles. The first kappa shape index (κ1) is 26.1. The smallest absolute Gasteiger partial charge is 0.307 e. The molecule has 2 aromatic rings. The Morgan fingerprint density at radius 3 is 2.83 bits per heavy atom. The highest BCUT2D eigenvalue weighted by molar-refractivity contribution is 6.31. The van der Waals surface area contributed by atoms with Crippen LogP contribution in [-0.2, 0) is 11.4 Å². The van der Waals surface area contributed by atoms with Gasteiger partial charge in [0.2, 0.25) is 5.88 Å². The van der Waals surface area contributed by atoms with Gasteiger partial charge in [0.25, 0.3) is 0 Å². The Labute approximate surface area is 211 Å². The highest BCUT2D eigenvalue weighted by Gasteiger charge is 2.27. The molecule has 36 heavy (non-hydrogen) atoms. The van der Waals surface area contributed by atoms with Crippen molar-refractivity contribution in [3.63, 3.8) is 0 Å². The number of nitrogens with zero attached hydrogens (tertiary/aromatic N) is 2. The Kier molecular flexibility index (Phi) is 8.58. The first-order valence-electron chi connectivity index (χ1n) is 11.5. The van der Waals surface area contributed by atoms with Crippen LogP contribution in [0.5, 0.6) is 17.4 Å². The summed E-state index contributed by atoms with van der Waals surface area (Å²) in [6, 6.07) is 4.34. The molecule has 0 amide bonds. The summed E-state index contributed by atoms with van der Waals surface area (Å²) >= 11 is 6.09. The maximum absolute atomic E-state index is 14.9. The minimum Gasteiger partial charge on any atom is -0.489 e. The lowest BCUT2D eigenvalue weighted by molar-refractivity contribution is -0.143. The van der Waals surface area contributed by atoms with Gasteiger partial charge >= 0.3 is 5.97 Å². The van der Waals surface area contributed by atoms with Gasteiger partial charge in [-0.3, -0.25) is 9.69 Å². The molecule has 1 atom stereocenters. The van der Waals surface area contributed by atoms with Gasteiger partial charge in [0.1, 0.15) is 48.9 Å². The average Bonchev–Trinajstić information content (AvgIpc) is 2.87. The molecule has 11 heteroatoms. The molecule has 0 saturated carbocycles. The number of carbonyl (C=O) groups is 1. The van der Waals surface area contributed by atoms with E-state index >= 15 is 0 Å². The first-order valence-corrected chi connectivity index (χ1v) is 11.9. The van der Waals surface area contributed by atoms with E-state index in [1.165, 1.54) is 18.3 Å². The number of carboxylic acid groups (broad SMARTS) is 1. The van der Waals surface area contributed by atoms with Gasteiger partial charge in [0.15, 0.2) is 6.10 Å². The number of aromatic nitrogens is 1. The Bertz CT molecular complexity index is 1130. The van der Waals surface area contributed by atoms with E-state index in [0.717, 1.165) is 18.5 Å². The van der Waals surface area contributed by atoms with E-state index in [1.54, 1.807) is 12.1 Å². The zero-order chi connectivity index (χ0) is 25.7. The van der Waals surface area contributed by atoms with Crippen molar-refractivity contribution in [2.75, 3.05) is 39.6 Å². The van der Waals surface area contributed by atoms with Crippen LogP contribution in [0.3, 0.4) is 0 Å². The zero-order valence-corrected chi connectivity index (χ0v) is 20.1. The third-order valence-corrected chi connectivity index (χ3v) is 6.27. The van der Waals surface area contributed by atoms with E-state index in [2.05, 4.69) is 9.88 Å². The van der Waals surface area contributed by atoms with E-state index in [-0.39, 0.29) is 35.8 Å². The van der Waals surface area contributed by atoms with Crippen LogP contribution in [0, 0.1) is 11.7 Å². The highest BCUT2D eigenvalue weighted by atomic mass is 35.5. The van der Waals surface area contributed by atoms with Gasteiger partial charge in [-0.15, -0.1) is 0 Å². The van der Waals surface area contributed by atoms with Crippen molar-refractivity contribution >= 4 is 23.6 Å². The minimum absolute atomic E-state index is 0.0155. The molecule has 194 valence electrons. The SMILES string of the molecule is O=C(O)[C@@H]1CCCN(CC2=Cc3c(F)cc(OCc4cnc(OC(CF)CF)c(Cl)c4)cc3OC2)C1. The zero-order valence-electron chi connectivity index (χ0n) is 19.4. The number of ether oxygens (including phenoxy) is 3. The van der Waals surface area contributed by atoms with Crippen molar-refractivity contribution in [3.05, 3.63) is 51.9 Å². The molecular formula is C25H26ClF3N2O5. The number of alkyl halides is 2. The number of pyridine rings is 1. The molecule has 2 aliphatic heterocycles. The molecule has 2 aliphatic rings. The number of likely N-dealkylation sites (tertiary alicyclic amines) is 1. The molecule has 4 rings (SSSR count). The first-order chi connectivity index (χ1) is 17.4. The van der Waals surface area contributed by atoms with Gasteiger partial charge in [0, 0.05) is 37.0 Å². The number of hydrogen-bond acceptors (Lipinski definition) is 6. The largest absolute Gasteiger partial charge is 0.489 e. The fraction of sp³-hybridized carbons (Fsp3) is 0.440. The van der Waals surface area contributed by atoms with Crippen LogP contribution in [0.4, 0.5) is 13.2 Å². The van der Waals surface area contributed by atoms with Crippen LogP contribution in [0.2, 0.25) is 5.02 Å². The fourth-order valence-corrected chi connectivity index (χ4v) is 4.40. The van der Waals surface area contributed by atoms with Crippen molar-refractivity contribution in [2.24, 2.45) is 5.92 Å². The van der Waals surface area contributed by atoms with Crippen molar-refractivity contribution in [3.8, 4) is 17.4 Å². The van der Waals surface area contributed by atoms with Gasteiger partial charge in [-0.1, -0.05) is 11.6 Å². The fourth-order valence-electron chi connectivity index (χ4n) is 4.17. The molecule has 1 fully saturated rings. The van der Waals surface area contributed by atoms with Crippen LogP contribution in [0.1, 0.15) is 24.0 Å². The summed E-state index contributed by atoms with van der Waals surface area (Å²) in [5.41, 5.74) is 1.73. The normalized spacial score (nSPS) is 17.8. The topological polar surface area (TPSA) is 81.1 Å². The summed E-state index contributed by atoms with van der Waals surface area (Å²) in [5.74, 6) is -1.18. The number of aliphatic carboxylic acids is 1. The molecular weight excluding hydrogens is 501 g/mol. The summed E-state index contributed by atoms with van der Waals surface area (Å²) < 4.78 is 56.7. The third-order valence-electron chi connectivity index (χ3n) is 6.00. The molecule has 0 bridgehead atoms. The number of benzene rings is 1. The monoisotopic (exact) mass is 526 g/mol. The lowest BCUT2D eigenvalue weighted by Crippen LogP contribution is -2.40. The molecule has 7 nitrogen and oxygen atoms in total. The summed E-state index contributed by atoms with van der Waals surface area (Å²) in [6.07, 6.45) is 3.34. The van der Waals surface area contributed by atoms with E-state index < -0.39 is 31.2 Å². The predicted molar refractivity (Wildman–Crippen MR) is 127 cm³/mol. The second kappa shape index (κ2) is 11.8. The van der Waals surface area contributed by atoms with Gasteiger partial charge in [-0.05, 0) is 37.1 Å². The molecule has 0 spiro atoms. The second-order valence-electron chi connectivity index (χ2n) is 8.79. The van der Waals surface area contributed by atoms with Gasteiger partial charge in [-0.2, -0.15) is 0 Å². The molecule has 1 aromatic carbocycles. The summed E-state index contributed by atoms with van der Waals surface area (Å²) in [7, 11) is 0. The molecule has 0 aliphatic carbocycles. The molecule has 1 saturated heterocycles. The maximum Gasteiger partial charge on any atom is 0.307 e. The highest BCUT2D eigenvalue weighted by Crippen LogP contribution is 2.34. The second-order valence-corrected chi connectivity index (χ2v) is 9.20. The Balaban J connectivity index is 1.38. The molecule has 0 unspecified atom stereocenters. The van der Waals surface area contributed by atoms with E-state index in [4.69, 9.17) is 25.8 Å². The van der Waals surface area contributed by atoms with Crippen LogP contribution >= 0.6 is 11.6 Å². The number of halogens is 4. The molecule has 1 aromatic heterocycles. The number of piperidine rings is 1. The number of hydrogen-bond donors (Lipinski definition) is 1. The van der Waals surface area contributed by atoms with Crippen molar-refractivity contribution < 1.29 is 37.3 Å². The van der Waals surface area contributed by atoms with Crippen molar-refractivity contribution in [1.82, 2.24) is 9.88 Å². The van der Waals surface area contributed by atoms with Gasteiger partial charge in [0.05, 0.1) is 11.5 Å². The number of carboxylic acids is 1.